The highest BCUT2D eigenvalue weighted by atomic mass is 16.3. The van der Waals surface area contributed by atoms with Gasteiger partial charge in [0.15, 0.2) is 0 Å². The van der Waals surface area contributed by atoms with E-state index in [0.29, 0.717) is 5.75 Å². The Morgan fingerprint density at radius 1 is 0.947 bits per heavy atom. The Kier molecular flexibility index (Phi) is 6.69. The van der Waals surface area contributed by atoms with Crippen LogP contribution in [0.1, 0.15) is 24.5 Å². The third-order valence-electron chi connectivity index (χ3n) is 2.73. The van der Waals surface area contributed by atoms with Crippen LogP contribution in [0.5, 0.6) is 5.75 Å². The van der Waals surface area contributed by atoms with Gasteiger partial charge in [-0.3, -0.25) is 0 Å². The summed E-state index contributed by atoms with van der Waals surface area (Å²) >= 11 is 0. The number of aromatic hydroxyl groups is 1. The third-order valence-corrected chi connectivity index (χ3v) is 2.73. The Hall–Kier alpha value is -1.80. The van der Waals surface area contributed by atoms with Crippen molar-refractivity contribution in [2.24, 2.45) is 0 Å². The second-order valence-electron chi connectivity index (χ2n) is 4.71. The van der Waals surface area contributed by atoms with Crippen molar-refractivity contribution < 1.29 is 10.2 Å². The number of phenolic OH excluding ortho intramolecular Hbond substituents is 1. The Labute approximate surface area is 115 Å². The number of phenols is 1. The first kappa shape index (κ1) is 15.3. The molecule has 1 atom stereocenters. The summed E-state index contributed by atoms with van der Waals surface area (Å²) in [4.78, 5) is 0. The van der Waals surface area contributed by atoms with E-state index in [9.17, 15) is 0 Å². The molecule has 0 radical (unpaired) electrons. The molecule has 0 spiro atoms. The van der Waals surface area contributed by atoms with E-state index in [4.69, 9.17) is 10.2 Å². The summed E-state index contributed by atoms with van der Waals surface area (Å²) in [7, 11) is 0. The number of hydrogen-bond acceptors (Lipinski definition) is 2. The molecule has 102 valence electrons. The molecule has 0 aliphatic rings. The zero-order chi connectivity index (χ0) is 14.1. The molecule has 2 aromatic carbocycles. The number of aliphatic hydroxyl groups excluding tert-OH is 1. The first-order chi connectivity index (χ1) is 9.08. The third kappa shape index (κ3) is 7.27. The van der Waals surface area contributed by atoms with Crippen LogP contribution < -0.4 is 0 Å². The fraction of sp³-hybridized carbons (Fsp3) is 0.294. The molecule has 2 aromatic rings. The molecular formula is C17H22O2. The topological polar surface area (TPSA) is 40.5 Å². The molecule has 2 N–H and O–H groups in total. The summed E-state index contributed by atoms with van der Waals surface area (Å²) in [6.45, 7) is 3.81. The number of aliphatic hydroxyl groups is 1. The van der Waals surface area contributed by atoms with E-state index in [2.05, 4.69) is 12.1 Å². The SMILES string of the molecule is CC(O)CCc1ccccc1.Cc1ccc(O)cc1. The normalized spacial score (nSPS) is 11.3. The summed E-state index contributed by atoms with van der Waals surface area (Å²) < 4.78 is 0. The number of benzene rings is 2. The van der Waals surface area contributed by atoms with Crippen LogP contribution in [0.4, 0.5) is 0 Å². The average molecular weight is 258 g/mol. The van der Waals surface area contributed by atoms with Gasteiger partial charge in [-0.2, -0.15) is 0 Å². The van der Waals surface area contributed by atoms with E-state index in [-0.39, 0.29) is 6.10 Å². The van der Waals surface area contributed by atoms with E-state index in [1.54, 1.807) is 12.1 Å². The van der Waals surface area contributed by atoms with Gasteiger partial charge in [0.05, 0.1) is 6.10 Å². The molecule has 2 rings (SSSR count). The Morgan fingerprint density at radius 2 is 1.53 bits per heavy atom. The minimum atomic E-state index is -0.185. The molecular weight excluding hydrogens is 236 g/mol. The lowest BCUT2D eigenvalue weighted by molar-refractivity contribution is 0.185. The van der Waals surface area contributed by atoms with Crippen molar-refractivity contribution >= 4 is 0 Å². The highest BCUT2D eigenvalue weighted by Crippen LogP contribution is 2.07. The van der Waals surface area contributed by atoms with Crippen molar-refractivity contribution in [1.29, 1.82) is 0 Å². The molecule has 1 unspecified atom stereocenters. The highest BCUT2D eigenvalue weighted by Gasteiger charge is 1.95. The largest absolute Gasteiger partial charge is 0.508 e. The Balaban J connectivity index is 0.000000200. The number of rotatable bonds is 3. The number of hydrogen-bond donors (Lipinski definition) is 2. The molecule has 0 saturated carbocycles. The minimum absolute atomic E-state index is 0.185. The summed E-state index contributed by atoms with van der Waals surface area (Å²) in [5, 5.41) is 17.8. The van der Waals surface area contributed by atoms with Gasteiger partial charge < -0.3 is 10.2 Å². The molecule has 2 heteroatoms. The second-order valence-corrected chi connectivity index (χ2v) is 4.71. The molecule has 0 aromatic heterocycles. The van der Waals surface area contributed by atoms with Crippen LogP contribution in [0.25, 0.3) is 0 Å². The van der Waals surface area contributed by atoms with Crippen molar-refractivity contribution in [2.75, 3.05) is 0 Å². The van der Waals surface area contributed by atoms with Crippen LogP contribution in [0.3, 0.4) is 0 Å². The fourth-order valence-corrected chi connectivity index (χ4v) is 1.56. The summed E-state index contributed by atoms with van der Waals surface area (Å²) in [5.41, 5.74) is 2.47. The van der Waals surface area contributed by atoms with Crippen LogP contribution >= 0.6 is 0 Å². The predicted octanol–water partition coefficient (Wildman–Crippen LogP) is 3.70. The van der Waals surface area contributed by atoms with E-state index in [0.717, 1.165) is 12.8 Å². The van der Waals surface area contributed by atoms with Gasteiger partial charge in [-0.25, -0.2) is 0 Å². The monoisotopic (exact) mass is 258 g/mol. The second kappa shape index (κ2) is 8.33. The standard InChI is InChI=1S/C10H14O.C7H8O/c1-9(11)7-8-10-5-3-2-4-6-10;1-6-2-4-7(8)5-3-6/h2-6,9,11H,7-8H2,1H3;2-5,8H,1H3. The Morgan fingerprint density at radius 3 is 2.00 bits per heavy atom. The van der Waals surface area contributed by atoms with Crippen molar-refractivity contribution in [3.63, 3.8) is 0 Å². The maximum absolute atomic E-state index is 9.01. The fourth-order valence-electron chi connectivity index (χ4n) is 1.56. The van der Waals surface area contributed by atoms with Crippen LogP contribution in [-0.2, 0) is 6.42 Å². The summed E-state index contributed by atoms with van der Waals surface area (Å²) in [6, 6.07) is 17.3. The van der Waals surface area contributed by atoms with Crippen molar-refractivity contribution in [1.82, 2.24) is 0 Å². The van der Waals surface area contributed by atoms with Crippen LogP contribution in [0.2, 0.25) is 0 Å². The number of aryl methyl sites for hydroxylation is 2. The predicted molar refractivity (Wildman–Crippen MR) is 79.3 cm³/mol. The highest BCUT2D eigenvalue weighted by molar-refractivity contribution is 5.24. The molecule has 2 nitrogen and oxygen atoms in total. The minimum Gasteiger partial charge on any atom is -0.508 e. The smallest absolute Gasteiger partial charge is 0.115 e. The maximum Gasteiger partial charge on any atom is 0.115 e. The lowest BCUT2D eigenvalue weighted by Gasteiger charge is -2.02. The quantitative estimate of drug-likeness (QED) is 0.881. The molecule has 0 aliphatic carbocycles. The van der Waals surface area contributed by atoms with Gasteiger partial charge in [0.2, 0.25) is 0 Å². The molecule has 0 amide bonds. The van der Waals surface area contributed by atoms with Crippen LogP contribution in [-0.4, -0.2) is 16.3 Å². The molecule has 0 bridgehead atoms. The van der Waals surface area contributed by atoms with Crippen LogP contribution in [0.15, 0.2) is 54.6 Å². The van der Waals surface area contributed by atoms with Gasteiger partial charge in [-0.1, -0.05) is 48.0 Å². The zero-order valence-electron chi connectivity index (χ0n) is 11.6. The van der Waals surface area contributed by atoms with Gasteiger partial charge in [0.25, 0.3) is 0 Å². The van der Waals surface area contributed by atoms with Gasteiger partial charge in [-0.05, 0) is 44.4 Å². The van der Waals surface area contributed by atoms with Crippen molar-refractivity contribution in [3.05, 3.63) is 65.7 Å². The van der Waals surface area contributed by atoms with Gasteiger partial charge in [0, 0.05) is 0 Å². The summed E-state index contributed by atoms with van der Waals surface area (Å²) in [6.07, 6.45) is 1.64. The van der Waals surface area contributed by atoms with E-state index in [1.165, 1.54) is 11.1 Å². The molecule has 0 fully saturated rings. The van der Waals surface area contributed by atoms with Crippen molar-refractivity contribution in [2.45, 2.75) is 32.8 Å². The van der Waals surface area contributed by atoms with E-state index in [1.807, 2.05) is 44.2 Å². The Bertz CT molecular complexity index is 425. The molecule has 0 heterocycles. The molecule has 0 saturated heterocycles. The summed E-state index contributed by atoms with van der Waals surface area (Å²) in [5.74, 6) is 0.329. The van der Waals surface area contributed by atoms with Crippen molar-refractivity contribution in [3.8, 4) is 5.75 Å². The lowest BCUT2D eigenvalue weighted by Crippen LogP contribution is -2.00. The van der Waals surface area contributed by atoms with Crippen LogP contribution in [0, 0.1) is 6.92 Å². The first-order valence-electron chi connectivity index (χ1n) is 6.55. The first-order valence-corrected chi connectivity index (χ1v) is 6.55. The van der Waals surface area contributed by atoms with Gasteiger partial charge in [-0.15, -0.1) is 0 Å². The zero-order valence-corrected chi connectivity index (χ0v) is 11.6. The van der Waals surface area contributed by atoms with E-state index < -0.39 is 0 Å². The maximum atomic E-state index is 9.01. The van der Waals surface area contributed by atoms with E-state index >= 15 is 0 Å². The average Bonchev–Trinajstić information content (AvgIpc) is 2.42. The van der Waals surface area contributed by atoms with Gasteiger partial charge >= 0.3 is 0 Å². The van der Waals surface area contributed by atoms with Gasteiger partial charge in [0.1, 0.15) is 5.75 Å². The lowest BCUT2D eigenvalue weighted by atomic mass is 10.1. The molecule has 0 aliphatic heterocycles. The molecule has 19 heavy (non-hydrogen) atoms.